The SMILES string of the molecule is CCC(C)c1cccc(C(=O)c2ccccc2-c2ccccc2)c1. The van der Waals surface area contributed by atoms with Gasteiger partial charge in [-0.05, 0) is 35.1 Å². The molecule has 24 heavy (non-hydrogen) atoms. The molecule has 0 aromatic heterocycles. The van der Waals surface area contributed by atoms with Crippen molar-refractivity contribution in [2.75, 3.05) is 0 Å². The molecule has 3 aromatic carbocycles. The Morgan fingerprint density at radius 1 is 0.875 bits per heavy atom. The van der Waals surface area contributed by atoms with Crippen molar-refractivity contribution < 1.29 is 4.79 Å². The summed E-state index contributed by atoms with van der Waals surface area (Å²) in [5.41, 5.74) is 4.79. The van der Waals surface area contributed by atoms with Crippen molar-refractivity contribution in [3.05, 3.63) is 95.6 Å². The molecule has 0 spiro atoms. The van der Waals surface area contributed by atoms with Crippen LogP contribution in [0.5, 0.6) is 0 Å². The van der Waals surface area contributed by atoms with Gasteiger partial charge in [0.2, 0.25) is 0 Å². The summed E-state index contributed by atoms with van der Waals surface area (Å²) in [6.07, 6.45) is 1.07. The number of carbonyl (C=O) groups is 1. The Bertz CT molecular complexity index is 833. The van der Waals surface area contributed by atoms with Gasteiger partial charge in [-0.2, -0.15) is 0 Å². The van der Waals surface area contributed by atoms with Crippen LogP contribution >= 0.6 is 0 Å². The largest absolute Gasteiger partial charge is 0.289 e. The molecule has 0 aliphatic carbocycles. The fraction of sp³-hybridized carbons (Fsp3) is 0.174. The summed E-state index contributed by atoms with van der Waals surface area (Å²) in [7, 11) is 0. The maximum absolute atomic E-state index is 13.1. The first-order valence-corrected chi connectivity index (χ1v) is 8.49. The van der Waals surface area contributed by atoms with Gasteiger partial charge in [0.15, 0.2) is 5.78 Å². The number of hydrogen-bond acceptors (Lipinski definition) is 1. The van der Waals surface area contributed by atoms with Gasteiger partial charge in [0.25, 0.3) is 0 Å². The highest BCUT2D eigenvalue weighted by Gasteiger charge is 2.15. The van der Waals surface area contributed by atoms with Crippen molar-refractivity contribution in [1.29, 1.82) is 0 Å². The van der Waals surface area contributed by atoms with E-state index in [1.165, 1.54) is 5.56 Å². The third-order valence-electron chi connectivity index (χ3n) is 4.59. The number of ketones is 1. The Morgan fingerprint density at radius 2 is 1.58 bits per heavy atom. The molecule has 0 aliphatic rings. The Morgan fingerprint density at radius 3 is 2.33 bits per heavy atom. The molecule has 0 saturated heterocycles. The van der Waals surface area contributed by atoms with E-state index in [0.29, 0.717) is 5.92 Å². The highest BCUT2D eigenvalue weighted by atomic mass is 16.1. The van der Waals surface area contributed by atoms with Crippen LogP contribution in [0.4, 0.5) is 0 Å². The molecule has 0 fully saturated rings. The first-order valence-electron chi connectivity index (χ1n) is 8.49. The van der Waals surface area contributed by atoms with Crippen LogP contribution < -0.4 is 0 Å². The molecule has 0 radical (unpaired) electrons. The van der Waals surface area contributed by atoms with Gasteiger partial charge >= 0.3 is 0 Å². The van der Waals surface area contributed by atoms with Gasteiger partial charge in [-0.1, -0.05) is 86.6 Å². The first kappa shape index (κ1) is 16.2. The van der Waals surface area contributed by atoms with Gasteiger partial charge in [-0.15, -0.1) is 0 Å². The topological polar surface area (TPSA) is 17.1 Å². The van der Waals surface area contributed by atoms with Gasteiger partial charge < -0.3 is 0 Å². The summed E-state index contributed by atoms with van der Waals surface area (Å²) >= 11 is 0. The quantitative estimate of drug-likeness (QED) is 0.520. The predicted molar refractivity (Wildman–Crippen MR) is 100 cm³/mol. The van der Waals surface area contributed by atoms with Gasteiger partial charge in [-0.25, -0.2) is 0 Å². The van der Waals surface area contributed by atoms with Crippen molar-refractivity contribution in [2.24, 2.45) is 0 Å². The van der Waals surface area contributed by atoms with Crippen LogP contribution in [0.2, 0.25) is 0 Å². The minimum Gasteiger partial charge on any atom is -0.289 e. The Balaban J connectivity index is 2.03. The predicted octanol–water partition coefficient (Wildman–Crippen LogP) is 6.10. The van der Waals surface area contributed by atoms with Gasteiger partial charge in [0.05, 0.1) is 0 Å². The van der Waals surface area contributed by atoms with Crippen molar-refractivity contribution in [3.8, 4) is 11.1 Å². The van der Waals surface area contributed by atoms with Gasteiger partial charge in [0.1, 0.15) is 0 Å². The second-order valence-corrected chi connectivity index (χ2v) is 6.18. The van der Waals surface area contributed by atoms with Crippen LogP contribution in [0.15, 0.2) is 78.9 Å². The highest BCUT2D eigenvalue weighted by Crippen LogP contribution is 2.27. The number of hydrogen-bond donors (Lipinski definition) is 0. The molecule has 0 bridgehead atoms. The van der Waals surface area contributed by atoms with Crippen molar-refractivity contribution in [1.82, 2.24) is 0 Å². The van der Waals surface area contributed by atoms with Crippen molar-refractivity contribution >= 4 is 5.78 Å². The summed E-state index contributed by atoms with van der Waals surface area (Å²) in [6.45, 7) is 4.37. The van der Waals surface area contributed by atoms with Crippen molar-refractivity contribution in [3.63, 3.8) is 0 Å². The summed E-state index contributed by atoms with van der Waals surface area (Å²) < 4.78 is 0. The molecule has 120 valence electrons. The van der Waals surface area contributed by atoms with Crippen LogP contribution in [-0.2, 0) is 0 Å². The molecule has 0 heterocycles. The zero-order valence-corrected chi connectivity index (χ0v) is 14.2. The van der Waals surface area contributed by atoms with E-state index in [1.54, 1.807) is 0 Å². The maximum Gasteiger partial charge on any atom is 0.193 e. The van der Waals surface area contributed by atoms with E-state index in [1.807, 2.05) is 72.8 Å². The normalized spacial score (nSPS) is 11.9. The van der Waals surface area contributed by atoms with E-state index < -0.39 is 0 Å². The van der Waals surface area contributed by atoms with E-state index in [2.05, 4.69) is 19.9 Å². The lowest BCUT2D eigenvalue weighted by molar-refractivity contribution is 0.103. The van der Waals surface area contributed by atoms with E-state index in [-0.39, 0.29) is 5.78 Å². The highest BCUT2D eigenvalue weighted by molar-refractivity contribution is 6.12. The minimum atomic E-state index is 0.0830. The summed E-state index contributed by atoms with van der Waals surface area (Å²) in [5.74, 6) is 0.543. The number of carbonyl (C=O) groups excluding carboxylic acids is 1. The van der Waals surface area contributed by atoms with E-state index >= 15 is 0 Å². The monoisotopic (exact) mass is 314 g/mol. The average molecular weight is 314 g/mol. The van der Waals surface area contributed by atoms with Crippen molar-refractivity contribution in [2.45, 2.75) is 26.2 Å². The van der Waals surface area contributed by atoms with Crippen LogP contribution in [0.25, 0.3) is 11.1 Å². The fourth-order valence-corrected chi connectivity index (χ4v) is 2.93. The van der Waals surface area contributed by atoms with Gasteiger partial charge in [0, 0.05) is 11.1 Å². The lowest BCUT2D eigenvalue weighted by Gasteiger charge is -2.12. The molecule has 1 unspecified atom stereocenters. The molecule has 3 rings (SSSR count). The third-order valence-corrected chi connectivity index (χ3v) is 4.59. The van der Waals surface area contributed by atoms with Crippen LogP contribution in [-0.4, -0.2) is 5.78 Å². The molecule has 0 amide bonds. The molecule has 0 aliphatic heterocycles. The molecule has 1 atom stereocenters. The standard InChI is InChI=1S/C23H22O/c1-3-17(2)19-12-9-13-20(16-19)23(24)22-15-8-7-14-21(22)18-10-5-4-6-11-18/h4-17H,3H2,1-2H3. The third kappa shape index (κ3) is 3.30. The molecule has 1 heteroatoms. The van der Waals surface area contributed by atoms with Crippen LogP contribution in [0.3, 0.4) is 0 Å². The smallest absolute Gasteiger partial charge is 0.193 e. The molecule has 0 saturated carbocycles. The summed E-state index contributed by atoms with van der Waals surface area (Å²) in [4.78, 5) is 13.1. The summed E-state index contributed by atoms with van der Waals surface area (Å²) in [5, 5.41) is 0. The average Bonchev–Trinajstić information content (AvgIpc) is 2.67. The van der Waals surface area contributed by atoms with E-state index in [9.17, 15) is 4.79 Å². The molecule has 0 N–H and O–H groups in total. The zero-order valence-electron chi connectivity index (χ0n) is 14.2. The molecular formula is C23H22O. The fourth-order valence-electron chi connectivity index (χ4n) is 2.93. The summed E-state index contributed by atoms with van der Waals surface area (Å²) in [6, 6.07) is 26.0. The van der Waals surface area contributed by atoms with E-state index in [0.717, 1.165) is 28.7 Å². The molecule has 1 nitrogen and oxygen atoms in total. The Kier molecular flexibility index (Phi) is 4.90. The van der Waals surface area contributed by atoms with Crippen LogP contribution in [0.1, 0.15) is 47.7 Å². The second-order valence-electron chi connectivity index (χ2n) is 6.18. The molecular weight excluding hydrogens is 292 g/mol. The zero-order chi connectivity index (χ0) is 16.9. The van der Waals surface area contributed by atoms with Crippen LogP contribution in [0, 0.1) is 0 Å². The Labute approximate surface area is 144 Å². The Hall–Kier alpha value is -2.67. The van der Waals surface area contributed by atoms with Gasteiger partial charge in [-0.3, -0.25) is 4.79 Å². The minimum absolute atomic E-state index is 0.0830. The second kappa shape index (κ2) is 7.27. The lowest BCUT2D eigenvalue weighted by atomic mass is 9.91. The lowest BCUT2D eigenvalue weighted by Crippen LogP contribution is -2.05. The number of benzene rings is 3. The van der Waals surface area contributed by atoms with E-state index in [4.69, 9.17) is 0 Å². The number of rotatable bonds is 5. The molecule has 3 aromatic rings. The maximum atomic E-state index is 13.1. The first-order chi connectivity index (χ1) is 11.7.